The number of rotatable bonds is 3. The molecule has 2 aliphatic heterocycles. The molecule has 1 atom stereocenters. The second-order valence-electron chi connectivity index (χ2n) is 7.19. The van der Waals surface area contributed by atoms with Crippen LogP contribution in [-0.4, -0.2) is 72.6 Å². The van der Waals surface area contributed by atoms with Gasteiger partial charge in [-0.05, 0) is 24.3 Å². The maximum absolute atomic E-state index is 12.5. The number of hydrogen-bond acceptors (Lipinski definition) is 4. The highest BCUT2D eigenvalue weighted by atomic mass is 127. The molecule has 2 fully saturated rings. The Morgan fingerprint density at radius 1 is 1.21 bits per heavy atom. The Kier molecular flexibility index (Phi) is 7.65. The van der Waals surface area contributed by atoms with Crippen LogP contribution in [0.15, 0.2) is 41.5 Å². The second kappa shape index (κ2) is 10.2. The van der Waals surface area contributed by atoms with Gasteiger partial charge in [0.05, 0.1) is 12.2 Å². The Morgan fingerprint density at radius 3 is 2.69 bits per heavy atom. The van der Waals surface area contributed by atoms with Crippen molar-refractivity contribution in [2.45, 2.75) is 25.5 Å². The number of ether oxygens (including phenoxy) is 1. The summed E-state index contributed by atoms with van der Waals surface area (Å²) in [7, 11) is 1.79. The van der Waals surface area contributed by atoms with Crippen LogP contribution in [0.25, 0.3) is 10.8 Å². The van der Waals surface area contributed by atoms with Crippen molar-refractivity contribution in [2.24, 2.45) is 4.99 Å². The average Bonchev–Trinajstić information content (AvgIpc) is 3.29. The van der Waals surface area contributed by atoms with Gasteiger partial charge >= 0.3 is 0 Å². The monoisotopic (exact) mass is 509 g/mol. The highest BCUT2D eigenvalue weighted by molar-refractivity contribution is 14.0. The van der Waals surface area contributed by atoms with E-state index < -0.39 is 0 Å². The smallest absolute Gasteiger partial charge is 0.251 e. The maximum atomic E-state index is 12.5. The highest BCUT2D eigenvalue weighted by Crippen LogP contribution is 2.17. The summed E-state index contributed by atoms with van der Waals surface area (Å²) in [4.78, 5) is 25.6. The molecule has 1 aromatic heterocycles. The molecular formula is C21H28IN5O2. The number of fused-ring (bicyclic) bond motifs is 1. The van der Waals surface area contributed by atoms with E-state index in [1.165, 1.54) is 5.39 Å². The number of carbonyl (C=O) groups excluding carboxylic acids is 1. The lowest BCUT2D eigenvalue weighted by Gasteiger charge is -2.37. The van der Waals surface area contributed by atoms with Crippen LogP contribution < -0.4 is 5.32 Å². The molecule has 1 aromatic carbocycles. The molecule has 0 saturated carbocycles. The summed E-state index contributed by atoms with van der Waals surface area (Å²) in [5.41, 5.74) is 1.01. The number of hydrogen-bond donors (Lipinski definition) is 1. The highest BCUT2D eigenvalue weighted by Gasteiger charge is 2.30. The van der Waals surface area contributed by atoms with E-state index in [9.17, 15) is 4.79 Å². The minimum absolute atomic E-state index is 0. The summed E-state index contributed by atoms with van der Waals surface area (Å²) in [5, 5.41) is 5.77. The van der Waals surface area contributed by atoms with Gasteiger partial charge in [0.15, 0.2) is 5.96 Å². The Hall–Kier alpha value is -1.94. The van der Waals surface area contributed by atoms with Gasteiger partial charge in [-0.1, -0.05) is 24.3 Å². The zero-order valence-corrected chi connectivity index (χ0v) is 19.0. The lowest BCUT2D eigenvalue weighted by molar-refractivity contribution is -0.142. The summed E-state index contributed by atoms with van der Waals surface area (Å²) in [6, 6.07) is 10.3. The molecule has 3 heterocycles. The van der Waals surface area contributed by atoms with Crippen molar-refractivity contribution < 1.29 is 9.53 Å². The van der Waals surface area contributed by atoms with Gasteiger partial charge in [0.25, 0.3) is 5.91 Å². The number of aliphatic imine (C=N–C) groups is 1. The van der Waals surface area contributed by atoms with E-state index in [2.05, 4.69) is 32.3 Å². The summed E-state index contributed by atoms with van der Waals surface area (Å²) in [6.07, 6.45) is 3.44. The zero-order valence-electron chi connectivity index (χ0n) is 16.7. The van der Waals surface area contributed by atoms with Gasteiger partial charge in [-0.15, -0.1) is 24.0 Å². The summed E-state index contributed by atoms with van der Waals surface area (Å²) < 4.78 is 5.54. The fourth-order valence-electron chi connectivity index (χ4n) is 3.93. The molecule has 0 spiro atoms. The molecule has 8 heteroatoms. The topological polar surface area (TPSA) is 70.1 Å². The van der Waals surface area contributed by atoms with E-state index in [4.69, 9.17) is 4.74 Å². The molecule has 29 heavy (non-hydrogen) atoms. The molecule has 1 unspecified atom stereocenters. The number of aromatic nitrogens is 1. The van der Waals surface area contributed by atoms with Crippen LogP contribution in [0.3, 0.4) is 0 Å². The first-order valence-electron chi connectivity index (χ1n) is 9.95. The Labute approximate surface area is 188 Å². The number of piperazine rings is 1. The van der Waals surface area contributed by atoms with Crippen LogP contribution in [0.5, 0.6) is 0 Å². The molecule has 0 aliphatic carbocycles. The predicted molar refractivity (Wildman–Crippen MR) is 124 cm³/mol. The molecule has 2 aromatic rings. The van der Waals surface area contributed by atoms with Crippen molar-refractivity contribution in [2.75, 3.05) is 39.8 Å². The van der Waals surface area contributed by atoms with Gasteiger partial charge < -0.3 is 19.9 Å². The van der Waals surface area contributed by atoms with E-state index in [1.54, 1.807) is 7.05 Å². The number of nitrogens with zero attached hydrogens (tertiary/aromatic N) is 4. The van der Waals surface area contributed by atoms with Crippen molar-refractivity contribution in [1.29, 1.82) is 0 Å². The van der Waals surface area contributed by atoms with Gasteiger partial charge in [-0.3, -0.25) is 14.8 Å². The molecule has 7 nitrogen and oxygen atoms in total. The normalized spacial score (nSPS) is 19.9. The molecule has 1 N–H and O–H groups in total. The second-order valence-corrected chi connectivity index (χ2v) is 7.19. The molecule has 2 aliphatic rings. The van der Waals surface area contributed by atoms with E-state index in [1.807, 2.05) is 29.3 Å². The Bertz CT molecular complexity index is 856. The number of pyridine rings is 1. The minimum atomic E-state index is -0.235. The van der Waals surface area contributed by atoms with Crippen molar-refractivity contribution in [3.8, 4) is 0 Å². The molecule has 0 radical (unpaired) electrons. The largest absolute Gasteiger partial charge is 0.368 e. The fraction of sp³-hybridized carbons (Fsp3) is 0.476. The van der Waals surface area contributed by atoms with E-state index in [-0.39, 0.29) is 36.0 Å². The first-order chi connectivity index (χ1) is 13.8. The number of nitrogens with one attached hydrogen (secondary N) is 1. The van der Waals surface area contributed by atoms with E-state index >= 15 is 0 Å². The number of amides is 1. The fourth-order valence-corrected chi connectivity index (χ4v) is 3.93. The minimum Gasteiger partial charge on any atom is -0.368 e. The zero-order chi connectivity index (χ0) is 19.3. The molecule has 1 amide bonds. The molecule has 0 bridgehead atoms. The number of benzene rings is 1. The number of halogens is 1. The van der Waals surface area contributed by atoms with Crippen molar-refractivity contribution in [3.05, 3.63) is 42.2 Å². The van der Waals surface area contributed by atoms with Crippen molar-refractivity contribution >= 4 is 46.6 Å². The molecule has 4 rings (SSSR count). The Balaban J connectivity index is 0.00000240. The lowest BCUT2D eigenvalue weighted by Crippen LogP contribution is -2.55. The summed E-state index contributed by atoms with van der Waals surface area (Å²) >= 11 is 0. The predicted octanol–water partition coefficient (Wildman–Crippen LogP) is 2.25. The first kappa shape index (κ1) is 21.8. The average molecular weight is 509 g/mol. The van der Waals surface area contributed by atoms with Crippen LogP contribution in [0.1, 0.15) is 18.5 Å². The number of guanidine groups is 1. The van der Waals surface area contributed by atoms with Crippen LogP contribution >= 0.6 is 24.0 Å². The van der Waals surface area contributed by atoms with Crippen LogP contribution in [-0.2, 0) is 16.1 Å². The maximum Gasteiger partial charge on any atom is 0.251 e. The lowest BCUT2D eigenvalue weighted by atomic mass is 10.1. The van der Waals surface area contributed by atoms with E-state index in [0.29, 0.717) is 26.2 Å². The third-order valence-corrected chi connectivity index (χ3v) is 5.48. The Morgan fingerprint density at radius 2 is 1.97 bits per heavy atom. The summed E-state index contributed by atoms with van der Waals surface area (Å²) in [5.74, 6) is 0.985. The standard InChI is InChI=1S/C21H27N5O2.HI/c1-22-21(24-15-18-17-6-3-2-5-16(17)8-9-23-18)26-12-10-25(11-13-26)20(27)19-7-4-14-28-19;/h2-3,5-6,8-9,19H,4,7,10-15H2,1H3,(H,22,24);1H. The van der Waals surface area contributed by atoms with Crippen LogP contribution in [0, 0.1) is 0 Å². The quantitative estimate of drug-likeness (QED) is 0.391. The number of carbonyl (C=O) groups is 1. The third kappa shape index (κ3) is 4.98. The molecule has 2 saturated heterocycles. The van der Waals surface area contributed by atoms with Gasteiger partial charge in [0, 0.05) is 51.4 Å². The van der Waals surface area contributed by atoms with Crippen molar-refractivity contribution in [3.63, 3.8) is 0 Å². The van der Waals surface area contributed by atoms with Crippen LogP contribution in [0.2, 0.25) is 0 Å². The van der Waals surface area contributed by atoms with Gasteiger partial charge in [-0.25, -0.2) is 0 Å². The van der Waals surface area contributed by atoms with Gasteiger partial charge in [0.2, 0.25) is 0 Å². The van der Waals surface area contributed by atoms with E-state index in [0.717, 1.165) is 43.0 Å². The van der Waals surface area contributed by atoms with Gasteiger partial charge in [0.1, 0.15) is 6.10 Å². The first-order valence-corrected chi connectivity index (χ1v) is 9.95. The SMILES string of the molecule is CN=C(NCc1nccc2ccccc12)N1CCN(C(=O)C2CCCO2)CC1.I. The van der Waals surface area contributed by atoms with Crippen LogP contribution in [0.4, 0.5) is 0 Å². The van der Waals surface area contributed by atoms with Crippen molar-refractivity contribution in [1.82, 2.24) is 20.1 Å². The molecule has 156 valence electrons. The van der Waals surface area contributed by atoms with Gasteiger partial charge in [-0.2, -0.15) is 0 Å². The molecular weight excluding hydrogens is 481 g/mol. The summed E-state index contributed by atoms with van der Waals surface area (Å²) in [6.45, 7) is 4.25. The third-order valence-electron chi connectivity index (χ3n) is 5.48.